The molecule has 2 fully saturated rings. The SMILES string of the molecule is CCCC(=O)N[C@H]1CC[C@H](CCN2CCC(c3cccc4c3OCO4)CC2)CC1. The van der Waals surface area contributed by atoms with E-state index < -0.39 is 0 Å². The number of para-hydroxylation sites is 1. The van der Waals surface area contributed by atoms with Gasteiger partial charge in [0.05, 0.1) is 0 Å². The topological polar surface area (TPSA) is 50.8 Å². The largest absolute Gasteiger partial charge is 0.454 e. The number of nitrogens with zero attached hydrogens (tertiary/aromatic N) is 1. The van der Waals surface area contributed by atoms with Gasteiger partial charge in [-0.3, -0.25) is 4.79 Å². The lowest BCUT2D eigenvalue weighted by molar-refractivity contribution is -0.122. The predicted octanol–water partition coefficient (Wildman–Crippen LogP) is 4.46. The van der Waals surface area contributed by atoms with Gasteiger partial charge in [-0.05, 0) is 88.9 Å². The second-order valence-corrected chi connectivity index (χ2v) is 9.02. The maximum Gasteiger partial charge on any atom is 0.231 e. The van der Waals surface area contributed by atoms with E-state index in [2.05, 4.69) is 29.3 Å². The third-order valence-corrected chi connectivity index (χ3v) is 7.00. The third-order valence-electron chi connectivity index (χ3n) is 7.00. The number of nitrogens with one attached hydrogen (secondary N) is 1. The Hall–Kier alpha value is -1.75. The van der Waals surface area contributed by atoms with E-state index in [9.17, 15) is 4.79 Å². The molecule has 0 unspecified atom stereocenters. The smallest absolute Gasteiger partial charge is 0.231 e. The lowest BCUT2D eigenvalue weighted by Gasteiger charge is -2.34. The first-order valence-corrected chi connectivity index (χ1v) is 11.6. The molecule has 5 nitrogen and oxygen atoms in total. The van der Waals surface area contributed by atoms with Crippen molar-refractivity contribution >= 4 is 5.91 Å². The van der Waals surface area contributed by atoms with Crippen molar-refractivity contribution in [3.8, 4) is 11.5 Å². The summed E-state index contributed by atoms with van der Waals surface area (Å²) in [6, 6.07) is 6.73. The van der Waals surface area contributed by atoms with Gasteiger partial charge in [0.1, 0.15) is 0 Å². The Morgan fingerprint density at radius 3 is 2.66 bits per heavy atom. The molecule has 0 bridgehead atoms. The van der Waals surface area contributed by atoms with Crippen molar-refractivity contribution in [2.75, 3.05) is 26.4 Å². The molecule has 0 radical (unpaired) electrons. The number of amides is 1. The summed E-state index contributed by atoms with van der Waals surface area (Å²) < 4.78 is 11.3. The van der Waals surface area contributed by atoms with Crippen LogP contribution in [0.15, 0.2) is 18.2 Å². The summed E-state index contributed by atoms with van der Waals surface area (Å²) >= 11 is 0. The Bertz CT molecular complexity index is 677. The van der Waals surface area contributed by atoms with E-state index >= 15 is 0 Å². The predicted molar refractivity (Wildman–Crippen MR) is 114 cm³/mol. The zero-order chi connectivity index (χ0) is 20.1. The quantitative estimate of drug-likeness (QED) is 0.734. The normalized spacial score (nSPS) is 25.1. The standard InChI is InChI=1S/C24H36N2O3/c1-2-4-23(27)25-20-9-7-18(8-10-20)11-14-26-15-12-19(13-16-26)21-5-3-6-22-24(21)29-17-28-22/h3,5-6,18-20H,2,4,7-17H2,1H3,(H,25,27)/t18-,20-. The second-order valence-electron chi connectivity index (χ2n) is 9.02. The molecule has 0 aromatic heterocycles. The zero-order valence-corrected chi connectivity index (χ0v) is 17.8. The van der Waals surface area contributed by atoms with E-state index in [0.29, 0.717) is 25.2 Å². The van der Waals surface area contributed by atoms with Crippen LogP contribution in [0.1, 0.15) is 76.2 Å². The molecule has 3 aliphatic rings. The molecule has 29 heavy (non-hydrogen) atoms. The number of benzene rings is 1. The average Bonchev–Trinajstić information content (AvgIpc) is 3.23. The minimum Gasteiger partial charge on any atom is -0.454 e. The van der Waals surface area contributed by atoms with E-state index in [1.165, 1.54) is 57.3 Å². The van der Waals surface area contributed by atoms with E-state index in [1.807, 2.05) is 6.07 Å². The van der Waals surface area contributed by atoms with Crippen LogP contribution in [0, 0.1) is 5.92 Å². The molecule has 160 valence electrons. The van der Waals surface area contributed by atoms with Crippen LogP contribution >= 0.6 is 0 Å². The second kappa shape index (κ2) is 9.84. The first kappa shape index (κ1) is 20.5. The van der Waals surface area contributed by atoms with Gasteiger partial charge >= 0.3 is 0 Å². The molecule has 0 atom stereocenters. The highest BCUT2D eigenvalue weighted by molar-refractivity contribution is 5.76. The molecule has 1 saturated carbocycles. The van der Waals surface area contributed by atoms with Crippen LogP contribution in [-0.2, 0) is 4.79 Å². The summed E-state index contributed by atoms with van der Waals surface area (Å²) in [6.07, 6.45) is 10.2. The number of rotatable bonds is 7. The molecular weight excluding hydrogens is 364 g/mol. The van der Waals surface area contributed by atoms with Crippen LogP contribution < -0.4 is 14.8 Å². The number of carbonyl (C=O) groups excluding carboxylic acids is 1. The molecule has 1 aromatic rings. The van der Waals surface area contributed by atoms with Gasteiger partial charge in [-0.2, -0.15) is 0 Å². The average molecular weight is 401 g/mol. The summed E-state index contributed by atoms with van der Waals surface area (Å²) in [5.41, 5.74) is 1.34. The monoisotopic (exact) mass is 400 g/mol. The number of fused-ring (bicyclic) bond motifs is 1. The Labute approximate surface area is 175 Å². The Morgan fingerprint density at radius 1 is 1.10 bits per heavy atom. The number of carbonyl (C=O) groups is 1. The van der Waals surface area contributed by atoms with E-state index in [-0.39, 0.29) is 5.91 Å². The summed E-state index contributed by atoms with van der Waals surface area (Å²) in [4.78, 5) is 14.4. The minimum atomic E-state index is 0.236. The van der Waals surface area contributed by atoms with Crippen molar-refractivity contribution in [3.63, 3.8) is 0 Å². The number of ether oxygens (including phenoxy) is 2. The number of piperidine rings is 1. The maximum atomic E-state index is 11.8. The molecule has 1 saturated heterocycles. The molecule has 0 spiro atoms. The van der Waals surface area contributed by atoms with E-state index in [1.54, 1.807) is 0 Å². The Kier molecular flexibility index (Phi) is 6.96. The van der Waals surface area contributed by atoms with Gasteiger partial charge in [-0.1, -0.05) is 19.1 Å². The van der Waals surface area contributed by atoms with E-state index in [4.69, 9.17) is 9.47 Å². The third kappa shape index (κ3) is 5.25. The van der Waals surface area contributed by atoms with Crippen LogP contribution in [0.4, 0.5) is 0 Å². The van der Waals surface area contributed by atoms with Crippen LogP contribution in [0.5, 0.6) is 11.5 Å². The van der Waals surface area contributed by atoms with Crippen molar-refractivity contribution in [1.82, 2.24) is 10.2 Å². The molecule has 4 rings (SSSR count). The van der Waals surface area contributed by atoms with Crippen molar-refractivity contribution in [2.45, 2.75) is 76.7 Å². The van der Waals surface area contributed by atoms with Gasteiger partial charge in [0.25, 0.3) is 0 Å². The molecule has 1 amide bonds. The van der Waals surface area contributed by atoms with Gasteiger partial charge in [0, 0.05) is 18.0 Å². The highest BCUT2D eigenvalue weighted by atomic mass is 16.7. The highest BCUT2D eigenvalue weighted by Gasteiger charge is 2.28. The summed E-state index contributed by atoms with van der Waals surface area (Å²) in [7, 11) is 0. The zero-order valence-electron chi connectivity index (χ0n) is 17.8. The molecular formula is C24H36N2O3. The number of hydrogen-bond acceptors (Lipinski definition) is 4. The van der Waals surface area contributed by atoms with Crippen LogP contribution in [0.25, 0.3) is 0 Å². The lowest BCUT2D eigenvalue weighted by Crippen LogP contribution is -2.38. The lowest BCUT2D eigenvalue weighted by atomic mass is 9.83. The molecule has 1 N–H and O–H groups in total. The molecule has 2 aliphatic heterocycles. The van der Waals surface area contributed by atoms with Gasteiger partial charge in [0.2, 0.25) is 12.7 Å². The van der Waals surface area contributed by atoms with Gasteiger partial charge in [0.15, 0.2) is 11.5 Å². The highest BCUT2D eigenvalue weighted by Crippen LogP contribution is 2.42. The number of hydrogen-bond donors (Lipinski definition) is 1. The van der Waals surface area contributed by atoms with Crippen molar-refractivity contribution < 1.29 is 14.3 Å². The fraction of sp³-hybridized carbons (Fsp3) is 0.708. The molecule has 1 aromatic carbocycles. The van der Waals surface area contributed by atoms with Crippen LogP contribution in [0.2, 0.25) is 0 Å². The molecule has 1 aliphatic carbocycles. The fourth-order valence-electron chi connectivity index (χ4n) is 5.23. The van der Waals surface area contributed by atoms with Crippen molar-refractivity contribution in [1.29, 1.82) is 0 Å². The summed E-state index contributed by atoms with van der Waals surface area (Å²) in [5.74, 6) is 3.54. The fourth-order valence-corrected chi connectivity index (χ4v) is 5.23. The van der Waals surface area contributed by atoms with Gasteiger partial charge in [-0.15, -0.1) is 0 Å². The van der Waals surface area contributed by atoms with Crippen molar-refractivity contribution in [2.24, 2.45) is 5.92 Å². The van der Waals surface area contributed by atoms with E-state index in [0.717, 1.165) is 36.7 Å². The number of likely N-dealkylation sites (tertiary alicyclic amines) is 1. The first-order chi connectivity index (χ1) is 14.2. The Morgan fingerprint density at radius 2 is 1.90 bits per heavy atom. The van der Waals surface area contributed by atoms with Crippen LogP contribution in [0.3, 0.4) is 0 Å². The molecule has 2 heterocycles. The maximum absolute atomic E-state index is 11.8. The van der Waals surface area contributed by atoms with Crippen molar-refractivity contribution in [3.05, 3.63) is 23.8 Å². The molecule has 5 heteroatoms. The first-order valence-electron chi connectivity index (χ1n) is 11.6. The van der Waals surface area contributed by atoms with Gasteiger partial charge < -0.3 is 19.7 Å². The summed E-state index contributed by atoms with van der Waals surface area (Å²) in [6.45, 7) is 6.00. The minimum absolute atomic E-state index is 0.236. The summed E-state index contributed by atoms with van der Waals surface area (Å²) in [5, 5.41) is 3.22. The van der Waals surface area contributed by atoms with Crippen LogP contribution in [-0.4, -0.2) is 43.3 Å². The van der Waals surface area contributed by atoms with Gasteiger partial charge in [-0.25, -0.2) is 0 Å². The Balaban J connectivity index is 1.16.